The summed E-state index contributed by atoms with van der Waals surface area (Å²) in [6, 6.07) is 15.6. The van der Waals surface area contributed by atoms with Crippen molar-refractivity contribution in [1.82, 2.24) is 0 Å². The largest absolute Gasteiger partial charge is 0.385 e. The molecule has 2 aromatic rings. The molecule has 188 valence electrons. The van der Waals surface area contributed by atoms with Crippen molar-refractivity contribution in [2.24, 2.45) is 5.92 Å². The number of nitrogens with one attached hydrogen (secondary N) is 1. The summed E-state index contributed by atoms with van der Waals surface area (Å²) in [6.07, 6.45) is 12.6. The number of rotatable bonds is 13. The summed E-state index contributed by atoms with van der Waals surface area (Å²) in [5, 5.41) is 3.66. The maximum absolute atomic E-state index is 4.50. The Bertz CT molecular complexity index is 1040. The molecule has 0 atom stereocenters. The van der Waals surface area contributed by atoms with Gasteiger partial charge in [0, 0.05) is 12.2 Å². The van der Waals surface area contributed by atoms with Gasteiger partial charge in [-0.1, -0.05) is 98.5 Å². The summed E-state index contributed by atoms with van der Waals surface area (Å²) in [4.78, 5) is 0. The van der Waals surface area contributed by atoms with Crippen molar-refractivity contribution >= 4 is 11.3 Å². The lowest BCUT2D eigenvalue weighted by atomic mass is 9.90. The Labute approximate surface area is 215 Å². The van der Waals surface area contributed by atoms with Gasteiger partial charge in [0.1, 0.15) is 0 Å². The number of hydrogen-bond acceptors (Lipinski definition) is 1. The average molecular weight is 470 g/mol. The molecule has 0 saturated heterocycles. The minimum Gasteiger partial charge on any atom is -0.385 e. The molecule has 0 aliphatic heterocycles. The van der Waals surface area contributed by atoms with Gasteiger partial charge in [0.2, 0.25) is 0 Å². The van der Waals surface area contributed by atoms with Gasteiger partial charge in [-0.05, 0) is 99.8 Å². The Kier molecular flexibility index (Phi) is 11.8. The summed E-state index contributed by atoms with van der Waals surface area (Å²) in [7, 11) is 0. The molecule has 0 aromatic heterocycles. The van der Waals surface area contributed by atoms with E-state index in [-0.39, 0.29) is 0 Å². The van der Waals surface area contributed by atoms with Gasteiger partial charge in [-0.2, -0.15) is 0 Å². The van der Waals surface area contributed by atoms with E-state index in [1.807, 2.05) is 0 Å². The minimum atomic E-state index is 0.755. The standard InChI is InChI=1S/C34H47N/c1-9-12-29(13-10-2)24-35-33-18-16-30(17-19-33)28(8)34-20-15-26(6)21-32(34)23-27(7)22-31(14-11-3)25(4)5/h11,14-22,29,35H,8-10,12-13,23-24H2,1-7H3/b14-11-,27-22+. The average Bonchev–Trinajstić information content (AvgIpc) is 2.82. The van der Waals surface area contributed by atoms with Crippen LogP contribution in [0.15, 0.2) is 84.0 Å². The Morgan fingerprint density at radius 3 is 2.20 bits per heavy atom. The molecule has 0 bridgehead atoms. The highest BCUT2D eigenvalue weighted by Crippen LogP contribution is 2.29. The summed E-state index contributed by atoms with van der Waals surface area (Å²) in [5.74, 6) is 0.755. The van der Waals surface area contributed by atoms with Gasteiger partial charge in [-0.25, -0.2) is 0 Å². The van der Waals surface area contributed by atoms with E-state index in [0.717, 1.165) is 24.5 Å². The zero-order chi connectivity index (χ0) is 25.8. The highest BCUT2D eigenvalue weighted by molar-refractivity contribution is 5.80. The van der Waals surface area contributed by atoms with Gasteiger partial charge >= 0.3 is 0 Å². The molecule has 1 nitrogen and oxygen atoms in total. The van der Waals surface area contributed by atoms with Crippen LogP contribution in [0.2, 0.25) is 0 Å². The molecule has 0 fully saturated rings. The lowest BCUT2D eigenvalue weighted by Gasteiger charge is -2.18. The van der Waals surface area contributed by atoms with Gasteiger partial charge in [0.15, 0.2) is 0 Å². The molecular formula is C34H47N. The molecule has 0 heterocycles. The third-order valence-corrected chi connectivity index (χ3v) is 6.60. The summed E-state index contributed by atoms with van der Waals surface area (Å²) < 4.78 is 0. The van der Waals surface area contributed by atoms with Crippen molar-refractivity contribution < 1.29 is 0 Å². The molecule has 1 heteroatoms. The van der Waals surface area contributed by atoms with Gasteiger partial charge in [-0.3, -0.25) is 0 Å². The van der Waals surface area contributed by atoms with E-state index in [9.17, 15) is 0 Å². The molecule has 2 aromatic carbocycles. The molecule has 35 heavy (non-hydrogen) atoms. The second-order valence-electron chi connectivity index (χ2n) is 10.2. The smallest absolute Gasteiger partial charge is 0.0340 e. The first-order valence-electron chi connectivity index (χ1n) is 13.4. The van der Waals surface area contributed by atoms with Gasteiger partial charge in [0.25, 0.3) is 0 Å². The zero-order valence-electron chi connectivity index (χ0n) is 23.3. The fraction of sp³-hybridized carbons (Fsp3) is 0.412. The van der Waals surface area contributed by atoms with Crippen LogP contribution in [0.5, 0.6) is 0 Å². The number of hydrogen-bond donors (Lipinski definition) is 1. The van der Waals surface area contributed by atoms with Crippen molar-refractivity contribution in [2.75, 3.05) is 11.9 Å². The number of benzene rings is 2. The first-order valence-corrected chi connectivity index (χ1v) is 13.4. The first-order chi connectivity index (χ1) is 16.8. The molecule has 0 unspecified atom stereocenters. The topological polar surface area (TPSA) is 12.0 Å². The van der Waals surface area contributed by atoms with E-state index in [1.54, 1.807) is 0 Å². The molecular weight excluding hydrogens is 422 g/mol. The third kappa shape index (κ3) is 9.06. The van der Waals surface area contributed by atoms with Crippen LogP contribution in [0.1, 0.15) is 89.5 Å². The van der Waals surface area contributed by atoms with E-state index < -0.39 is 0 Å². The van der Waals surface area contributed by atoms with Gasteiger partial charge in [0.05, 0.1) is 0 Å². The number of aryl methyl sites for hydroxylation is 1. The fourth-order valence-electron chi connectivity index (χ4n) is 4.69. The second-order valence-corrected chi connectivity index (χ2v) is 10.2. The maximum atomic E-state index is 4.50. The van der Waals surface area contributed by atoms with Crippen LogP contribution in [0.3, 0.4) is 0 Å². The van der Waals surface area contributed by atoms with Crippen molar-refractivity contribution in [3.63, 3.8) is 0 Å². The lowest BCUT2D eigenvalue weighted by Crippen LogP contribution is -2.14. The van der Waals surface area contributed by atoms with Crippen LogP contribution in [0.25, 0.3) is 5.57 Å². The van der Waals surface area contributed by atoms with Gasteiger partial charge in [-0.15, -0.1) is 0 Å². The summed E-state index contributed by atoms with van der Waals surface area (Å²) in [5.41, 5.74) is 11.3. The third-order valence-electron chi connectivity index (χ3n) is 6.60. The Hall–Kier alpha value is -2.80. The molecule has 0 aliphatic rings. The molecule has 0 radical (unpaired) electrons. The Morgan fingerprint density at radius 2 is 1.63 bits per heavy atom. The van der Waals surface area contributed by atoms with E-state index in [4.69, 9.17) is 0 Å². The van der Waals surface area contributed by atoms with E-state index in [2.05, 4.69) is 121 Å². The highest BCUT2D eigenvalue weighted by Gasteiger charge is 2.11. The van der Waals surface area contributed by atoms with E-state index in [1.165, 1.54) is 70.3 Å². The number of anilines is 1. The Morgan fingerprint density at radius 1 is 0.971 bits per heavy atom. The van der Waals surface area contributed by atoms with Crippen molar-refractivity contribution in [3.05, 3.63) is 106 Å². The monoisotopic (exact) mass is 469 g/mol. The molecule has 2 rings (SSSR count). The van der Waals surface area contributed by atoms with Gasteiger partial charge < -0.3 is 5.32 Å². The van der Waals surface area contributed by atoms with Crippen molar-refractivity contribution in [3.8, 4) is 0 Å². The SMILES string of the molecule is C=C(c1ccc(NCC(CCC)CCC)cc1)c1ccc(C)cc1C/C(C)=C/C(/C=C\C)=C(C)C. The van der Waals surface area contributed by atoms with Crippen LogP contribution in [-0.2, 0) is 6.42 Å². The quantitative estimate of drug-likeness (QED) is 0.288. The van der Waals surface area contributed by atoms with E-state index >= 15 is 0 Å². The number of allylic oxidation sites excluding steroid dienone is 6. The summed E-state index contributed by atoms with van der Waals surface area (Å²) >= 11 is 0. The Balaban J connectivity index is 2.21. The van der Waals surface area contributed by atoms with Crippen molar-refractivity contribution in [1.29, 1.82) is 0 Å². The summed E-state index contributed by atoms with van der Waals surface area (Å²) in [6.45, 7) is 20.9. The lowest BCUT2D eigenvalue weighted by molar-refractivity contribution is 0.461. The highest BCUT2D eigenvalue weighted by atomic mass is 14.9. The van der Waals surface area contributed by atoms with Crippen LogP contribution in [-0.4, -0.2) is 6.54 Å². The maximum Gasteiger partial charge on any atom is 0.0340 e. The normalized spacial score (nSPS) is 11.8. The molecule has 0 amide bonds. The van der Waals surface area contributed by atoms with Crippen LogP contribution in [0, 0.1) is 12.8 Å². The molecule has 0 spiro atoms. The molecule has 1 N–H and O–H groups in total. The predicted molar refractivity (Wildman–Crippen MR) is 158 cm³/mol. The second kappa shape index (κ2) is 14.6. The first kappa shape index (κ1) is 28.4. The molecule has 0 aliphatic carbocycles. The minimum absolute atomic E-state index is 0.755. The van der Waals surface area contributed by atoms with Crippen LogP contribution in [0.4, 0.5) is 5.69 Å². The predicted octanol–water partition coefficient (Wildman–Crippen LogP) is 10.1. The van der Waals surface area contributed by atoms with Crippen LogP contribution >= 0.6 is 0 Å². The van der Waals surface area contributed by atoms with E-state index in [0.29, 0.717) is 0 Å². The zero-order valence-corrected chi connectivity index (χ0v) is 23.3. The van der Waals surface area contributed by atoms with Crippen molar-refractivity contribution in [2.45, 2.75) is 80.6 Å². The van der Waals surface area contributed by atoms with Crippen LogP contribution < -0.4 is 5.32 Å². The fourth-order valence-corrected chi connectivity index (χ4v) is 4.69. The molecule has 0 saturated carbocycles.